The number of para-hydroxylation sites is 1. The Kier molecular flexibility index (Phi) is 4.40. The maximum atomic E-state index is 4.51. The third-order valence-corrected chi connectivity index (χ3v) is 9.00. The van der Waals surface area contributed by atoms with E-state index in [2.05, 4.69) is 126 Å². The predicted octanol–water partition coefficient (Wildman–Crippen LogP) is 10.3. The number of nitrogens with zero attached hydrogens (tertiary/aromatic N) is 2. The Morgan fingerprint density at radius 3 is 2.15 bits per heavy atom. The zero-order chi connectivity index (χ0) is 26.4. The molecule has 0 spiro atoms. The summed E-state index contributed by atoms with van der Waals surface area (Å²) in [6.07, 6.45) is 5.03. The number of allylic oxidation sites excluding steroid dienone is 1. The van der Waals surface area contributed by atoms with Crippen LogP contribution >= 0.6 is 0 Å². The van der Waals surface area contributed by atoms with Crippen LogP contribution in [-0.2, 0) is 0 Å². The van der Waals surface area contributed by atoms with Gasteiger partial charge in [-0.2, -0.15) is 0 Å². The van der Waals surface area contributed by atoms with E-state index in [-0.39, 0.29) is 0 Å². The van der Waals surface area contributed by atoms with E-state index in [9.17, 15) is 0 Å². The first-order valence-electron chi connectivity index (χ1n) is 14.1. The summed E-state index contributed by atoms with van der Waals surface area (Å²) in [7, 11) is 0. The lowest BCUT2D eigenvalue weighted by molar-refractivity contribution is 0.750. The molecule has 0 saturated heterocycles. The summed E-state index contributed by atoms with van der Waals surface area (Å²) in [5, 5.41) is 7.82. The van der Waals surface area contributed by atoms with E-state index in [1.54, 1.807) is 0 Å². The molecule has 0 radical (unpaired) electrons. The zero-order valence-electron chi connectivity index (χ0n) is 22.2. The van der Waals surface area contributed by atoms with Crippen molar-refractivity contribution >= 4 is 55.3 Å². The average Bonchev–Trinajstić information content (AvgIpc) is 3.49. The summed E-state index contributed by atoms with van der Waals surface area (Å²) in [6.45, 7) is 2.29. The van der Waals surface area contributed by atoms with Crippen molar-refractivity contribution in [2.24, 2.45) is 10.9 Å². The van der Waals surface area contributed by atoms with E-state index in [0.29, 0.717) is 5.92 Å². The quantitative estimate of drug-likeness (QED) is 0.220. The number of rotatable bonds is 2. The maximum absolute atomic E-state index is 4.51. The lowest BCUT2D eigenvalue weighted by atomic mass is 9.95. The fourth-order valence-electron chi connectivity index (χ4n) is 7.02. The molecule has 1 aliphatic heterocycles. The molecule has 6 aromatic carbocycles. The third kappa shape index (κ3) is 2.96. The first-order valence-corrected chi connectivity index (χ1v) is 14.1. The lowest BCUT2D eigenvalue weighted by Gasteiger charge is -2.19. The molecule has 2 heterocycles. The molecule has 1 aliphatic carbocycles. The standard InChI is InChI=1S/C38H26N2/c1-23-16-17-39-22-37(23)40-35-11-3-2-8-29(35)34-20-26(14-15-36(34)40)25-12-13-27-19-32-30-9-4-6-24-7-5-10-31(38(24)30)33(32)21-28(27)18-25/h2-15,17-23H,16H2,1H3. The second-order valence-electron chi connectivity index (χ2n) is 11.3. The van der Waals surface area contributed by atoms with Gasteiger partial charge in [-0.25, -0.2) is 0 Å². The first-order chi connectivity index (χ1) is 19.7. The van der Waals surface area contributed by atoms with E-state index in [1.807, 2.05) is 12.4 Å². The van der Waals surface area contributed by atoms with E-state index in [0.717, 1.165) is 6.42 Å². The minimum atomic E-state index is 0.426. The number of hydrogen-bond acceptors (Lipinski definition) is 1. The van der Waals surface area contributed by atoms with Crippen molar-refractivity contribution in [1.29, 1.82) is 0 Å². The molecule has 0 saturated carbocycles. The number of aromatic nitrogens is 1. The minimum Gasteiger partial charge on any atom is -0.311 e. The van der Waals surface area contributed by atoms with Gasteiger partial charge in [0.25, 0.3) is 0 Å². The van der Waals surface area contributed by atoms with Crippen LogP contribution in [0, 0.1) is 5.92 Å². The Morgan fingerprint density at radius 2 is 1.32 bits per heavy atom. The topological polar surface area (TPSA) is 17.3 Å². The summed E-state index contributed by atoms with van der Waals surface area (Å²) >= 11 is 0. The van der Waals surface area contributed by atoms with Crippen molar-refractivity contribution < 1.29 is 0 Å². The fraction of sp³-hybridized carbons (Fsp3) is 0.0789. The van der Waals surface area contributed by atoms with Crippen LogP contribution in [0.1, 0.15) is 13.3 Å². The molecular weight excluding hydrogens is 484 g/mol. The monoisotopic (exact) mass is 510 g/mol. The summed E-state index contributed by atoms with van der Waals surface area (Å²) in [5.41, 5.74) is 11.6. The third-order valence-electron chi connectivity index (χ3n) is 9.00. The van der Waals surface area contributed by atoms with Crippen LogP contribution in [-0.4, -0.2) is 10.8 Å². The Balaban J connectivity index is 1.22. The lowest BCUT2D eigenvalue weighted by Crippen LogP contribution is -2.09. The molecular formula is C38H26N2. The molecule has 2 heteroatoms. The van der Waals surface area contributed by atoms with E-state index in [4.69, 9.17) is 0 Å². The highest BCUT2D eigenvalue weighted by atomic mass is 15.0. The molecule has 1 unspecified atom stereocenters. The Bertz CT molecular complexity index is 2250. The molecule has 0 fully saturated rings. The Hall–Kier alpha value is -4.95. The maximum Gasteiger partial charge on any atom is 0.0539 e. The van der Waals surface area contributed by atoms with Crippen LogP contribution in [0.25, 0.3) is 82.4 Å². The average molecular weight is 511 g/mol. The summed E-state index contributed by atoms with van der Waals surface area (Å²) in [6, 6.07) is 40.7. The van der Waals surface area contributed by atoms with Gasteiger partial charge in [-0.3, -0.25) is 4.99 Å². The molecule has 2 nitrogen and oxygen atoms in total. The summed E-state index contributed by atoms with van der Waals surface area (Å²) < 4.78 is 2.41. The smallest absolute Gasteiger partial charge is 0.0539 e. The predicted molar refractivity (Wildman–Crippen MR) is 171 cm³/mol. The van der Waals surface area contributed by atoms with Gasteiger partial charge in [0.15, 0.2) is 0 Å². The molecule has 0 bridgehead atoms. The molecule has 0 N–H and O–H groups in total. The number of fused-ring (bicyclic) bond motifs is 7. The highest BCUT2D eigenvalue weighted by molar-refractivity contribution is 6.17. The van der Waals surface area contributed by atoms with Crippen molar-refractivity contribution in [3.63, 3.8) is 0 Å². The fourth-order valence-corrected chi connectivity index (χ4v) is 7.02. The summed E-state index contributed by atoms with van der Waals surface area (Å²) in [5.74, 6) is 0.426. The van der Waals surface area contributed by atoms with Gasteiger partial charge in [0.05, 0.1) is 11.0 Å². The highest BCUT2D eigenvalue weighted by Crippen LogP contribution is 2.48. The van der Waals surface area contributed by atoms with Crippen LogP contribution in [0.3, 0.4) is 0 Å². The molecule has 1 aromatic heterocycles. The Morgan fingerprint density at radius 1 is 0.600 bits per heavy atom. The van der Waals surface area contributed by atoms with Gasteiger partial charge in [-0.05, 0) is 97.7 Å². The van der Waals surface area contributed by atoms with E-state index < -0.39 is 0 Å². The number of hydrogen-bond donors (Lipinski definition) is 0. The molecule has 40 heavy (non-hydrogen) atoms. The van der Waals surface area contributed by atoms with Crippen molar-refractivity contribution in [2.75, 3.05) is 0 Å². The van der Waals surface area contributed by atoms with Gasteiger partial charge < -0.3 is 4.57 Å². The highest BCUT2D eigenvalue weighted by Gasteiger charge is 2.22. The molecule has 188 valence electrons. The van der Waals surface area contributed by atoms with Crippen LogP contribution in [0.15, 0.2) is 120 Å². The van der Waals surface area contributed by atoms with E-state index in [1.165, 1.54) is 82.4 Å². The van der Waals surface area contributed by atoms with E-state index >= 15 is 0 Å². The largest absolute Gasteiger partial charge is 0.311 e. The van der Waals surface area contributed by atoms with Crippen molar-refractivity contribution in [3.8, 4) is 33.4 Å². The molecule has 9 rings (SSSR count). The SMILES string of the molecule is CC1CC=NC=C1n1c2ccccc2c2cc(-c3ccc4cc5c(cc4c3)-c3cccc4cccc-5c34)ccc21. The van der Waals surface area contributed by atoms with Crippen molar-refractivity contribution in [1.82, 2.24) is 4.57 Å². The normalized spacial score (nSPS) is 15.8. The van der Waals surface area contributed by atoms with Gasteiger partial charge in [-0.1, -0.05) is 79.7 Å². The van der Waals surface area contributed by atoms with Crippen LogP contribution in [0.2, 0.25) is 0 Å². The van der Waals surface area contributed by atoms with Crippen LogP contribution in [0.5, 0.6) is 0 Å². The van der Waals surface area contributed by atoms with Crippen LogP contribution < -0.4 is 0 Å². The zero-order valence-corrected chi connectivity index (χ0v) is 22.2. The van der Waals surface area contributed by atoms with Gasteiger partial charge in [0.2, 0.25) is 0 Å². The summed E-state index contributed by atoms with van der Waals surface area (Å²) in [4.78, 5) is 4.51. The number of benzene rings is 6. The van der Waals surface area contributed by atoms with Crippen LogP contribution in [0.4, 0.5) is 0 Å². The minimum absolute atomic E-state index is 0.426. The molecule has 1 atom stereocenters. The molecule has 0 amide bonds. The van der Waals surface area contributed by atoms with Gasteiger partial charge in [-0.15, -0.1) is 0 Å². The number of aliphatic imine (C=N–C) groups is 1. The second-order valence-corrected chi connectivity index (χ2v) is 11.3. The molecule has 7 aromatic rings. The van der Waals surface area contributed by atoms with Crippen molar-refractivity contribution in [2.45, 2.75) is 13.3 Å². The Labute approximate surface area is 232 Å². The molecule has 2 aliphatic rings. The second kappa shape index (κ2) is 8.03. The van der Waals surface area contributed by atoms with Crippen molar-refractivity contribution in [3.05, 3.63) is 115 Å². The first kappa shape index (κ1) is 21.9. The van der Waals surface area contributed by atoms with Gasteiger partial charge in [0, 0.05) is 34.8 Å². The van der Waals surface area contributed by atoms with Gasteiger partial charge in [0.1, 0.15) is 0 Å². The van der Waals surface area contributed by atoms with Gasteiger partial charge >= 0.3 is 0 Å².